The van der Waals surface area contributed by atoms with Gasteiger partial charge in [-0.05, 0) is 76.2 Å². The van der Waals surface area contributed by atoms with Gasteiger partial charge in [-0.25, -0.2) is 15.0 Å². The monoisotopic (exact) mass is 703 g/mol. The molecule has 0 atom stereocenters. The minimum atomic E-state index is 0.541. The van der Waals surface area contributed by atoms with E-state index in [4.69, 9.17) is 19.4 Å². The highest BCUT2D eigenvalue weighted by Crippen LogP contribution is 2.38. The van der Waals surface area contributed by atoms with E-state index in [9.17, 15) is 0 Å². The summed E-state index contributed by atoms with van der Waals surface area (Å²) >= 11 is 0. The first-order valence-corrected chi connectivity index (χ1v) is 18.4. The molecular formula is C51H33N3O. The van der Waals surface area contributed by atoms with Crippen molar-refractivity contribution in [3.63, 3.8) is 0 Å². The summed E-state index contributed by atoms with van der Waals surface area (Å²) < 4.78 is 6.56. The van der Waals surface area contributed by atoms with E-state index in [0.29, 0.717) is 5.89 Å². The van der Waals surface area contributed by atoms with Crippen LogP contribution in [0.5, 0.6) is 0 Å². The van der Waals surface area contributed by atoms with Crippen molar-refractivity contribution in [2.75, 3.05) is 0 Å². The van der Waals surface area contributed by atoms with Crippen molar-refractivity contribution in [1.29, 1.82) is 0 Å². The van der Waals surface area contributed by atoms with E-state index in [1.165, 1.54) is 0 Å². The molecule has 0 N–H and O–H groups in total. The van der Waals surface area contributed by atoms with E-state index in [1.807, 2.05) is 42.5 Å². The van der Waals surface area contributed by atoms with Gasteiger partial charge in [-0.15, -0.1) is 0 Å². The molecule has 258 valence electrons. The van der Waals surface area contributed by atoms with Crippen molar-refractivity contribution >= 4 is 21.9 Å². The number of fused-ring (bicyclic) bond motifs is 3. The largest absolute Gasteiger partial charge is 0.436 e. The first-order chi connectivity index (χ1) is 27.2. The minimum Gasteiger partial charge on any atom is -0.436 e. The predicted octanol–water partition coefficient (Wildman–Crippen LogP) is 13.4. The maximum atomic E-state index is 6.56. The van der Waals surface area contributed by atoms with Crippen LogP contribution >= 0.6 is 0 Å². The topological polar surface area (TPSA) is 51.8 Å². The van der Waals surface area contributed by atoms with Gasteiger partial charge in [-0.1, -0.05) is 152 Å². The van der Waals surface area contributed by atoms with E-state index in [1.54, 1.807) is 0 Å². The van der Waals surface area contributed by atoms with Crippen molar-refractivity contribution in [2.24, 2.45) is 0 Å². The number of rotatable bonds is 7. The van der Waals surface area contributed by atoms with Gasteiger partial charge in [0.25, 0.3) is 0 Å². The van der Waals surface area contributed by atoms with Crippen LogP contribution in [0.15, 0.2) is 205 Å². The average Bonchev–Trinajstić information content (AvgIpc) is 3.73. The molecule has 4 heteroatoms. The third kappa shape index (κ3) is 6.36. The Kier molecular flexibility index (Phi) is 8.12. The Morgan fingerprint density at radius 1 is 0.291 bits per heavy atom. The molecule has 0 aliphatic carbocycles. The molecule has 0 saturated heterocycles. The van der Waals surface area contributed by atoms with Gasteiger partial charge in [0.1, 0.15) is 5.52 Å². The van der Waals surface area contributed by atoms with Crippen molar-refractivity contribution in [3.8, 4) is 78.7 Å². The molecule has 0 aliphatic heterocycles. The van der Waals surface area contributed by atoms with E-state index in [0.717, 1.165) is 94.7 Å². The molecule has 0 aliphatic rings. The molecule has 7 aromatic carbocycles. The Bertz CT molecular complexity index is 2700. The van der Waals surface area contributed by atoms with Gasteiger partial charge < -0.3 is 4.42 Å². The van der Waals surface area contributed by atoms with Gasteiger partial charge in [-0.2, -0.15) is 0 Å². The molecule has 3 aromatic heterocycles. The molecule has 10 rings (SSSR count). The lowest BCUT2D eigenvalue weighted by Gasteiger charge is -2.14. The van der Waals surface area contributed by atoms with Crippen LogP contribution in [0, 0.1) is 0 Å². The van der Waals surface area contributed by atoms with Crippen molar-refractivity contribution in [2.45, 2.75) is 0 Å². The highest BCUT2D eigenvalue weighted by molar-refractivity contribution is 6.04. The quantitative estimate of drug-likeness (QED) is 0.166. The van der Waals surface area contributed by atoms with E-state index >= 15 is 0 Å². The Balaban J connectivity index is 1.23. The Hall–Kier alpha value is -7.43. The Morgan fingerprint density at radius 2 is 0.709 bits per heavy atom. The van der Waals surface area contributed by atoms with Crippen LogP contribution in [0.4, 0.5) is 0 Å². The van der Waals surface area contributed by atoms with Crippen LogP contribution in [-0.4, -0.2) is 15.0 Å². The lowest BCUT2D eigenvalue weighted by Crippen LogP contribution is -1.95. The van der Waals surface area contributed by atoms with Gasteiger partial charge in [0.2, 0.25) is 5.89 Å². The second kappa shape index (κ2) is 13.8. The lowest BCUT2D eigenvalue weighted by molar-refractivity contribution is 0.620. The fourth-order valence-corrected chi connectivity index (χ4v) is 7.30. The van der Waals surface area contributed by atoms with Gasteiger partial charge in [0.15, 0.2) is 5.58 Å². The number of aromatic nitrogens is 3. The van der Waals surface area contributed by atoms with Crippen LogP contribution < -0.4 is 0 Å². The third-order valence-corrected chi connectivity index (χ3v) is 10.1. The van der Waals surface area contributed by atoms with Gasteiger partial charge in [0.05, 0.1) is 22.8 Å². The average molecular weight is 704 g/mol. The van der Waals surface area contributed by atoms with E-state index < -0.39 is 0 Å². The summed E-state index contributed by atoms with van der Waals surface area (Å²) in [6, 6.07) is 69.2. The fraction of sp³-hybridized carbons (Fsp3) is 0. The summed E-state index contributed by atoms with van der Waals surface area (Å²) in [5, 5.41) is 2.18. The molecule has 0 fully saturated rings. The summed E-state index contributed by atoms with van der Waals surface area (Å²) in [5.74, 6) is 0.541. The predicted molar refractivity (Wildman–Crippen MR) is 225 cm³/mol. The highest BCUT2D eigenvalue weighted by atomic mass is 16.3. The lowest BCUT2D eigenvalue weighted by atomic mass is 9.95. The second-order valence-electron chi connectivity index (χ2n) is 13.7. The molecule has 4 nitrogen and oxygen atoms in total. The first kappa shape index (κ1) is 32.2. The number of hydrogen-bond acceptors (Lipinski definition) is 4. The van der Waals surface area contributed by atoms with Crippen LogP contribution in [0.25, 0.3) is 101 Å². The molecule has 0 amide bonds. The molecule has 0 saturated carbocycles. The summed E-state index contributed by atoms with van der Waals surface area (Å²) in [6.07, 6.45) is 0. The maximum absolute atomic E-state index is 6.56. The number of nitrogens with zero attached hydrogens (tertiary/aromatic N) is 3. The number of oxazole rings is 1. The van der Waals surface area contributed by atoms with E-state index in [-0.39, 0.29) is 0 Å². The molecule has 3 heterocycles. The van der Waals surface area contributed by atoms with Crippen LogP contribution in [-0.2, 0) is 0 Å². The van der Waals surface area contributed by atoms with Gasteiger partial charge >= 0.3 is 0 Å². The minimum absolute atomic E-state index is 0.541. The number of hydrogen-bond donors (Lipinski definition) is 0. The molecule has 0 unspecified atom stereocenters. The molecule has 0 spiro atoms. The molecule has 10 aromatic rings. The molecule has 0 bridgehead atoms. The highest BCUT2D eigenvalue weighted by Gasteiger charge is 2.18. The molecule has 0 radical (unpaired) electrons. The smallest absolute Gasteiger partial charge is 0.227 e. The van der Waals surface area contributed by atoms with Crippen molar-refractivity contribution in [1.82, 2.24) is 15.0 Å². The fourth-order valence-electron chi connectivity index (χ4n) is 7.30. The second-order valence-corrected chi connectivity index (χ2v) is 13.7. The zero-order valence-electron chi connectivity index (χ0n) is 29.8. The summed E-state index contributed by atoms with van der Waals surface area (Å²) in [5.41, 5.74) is 14.3. The number of pyridine rings is 2. The zero-order valence-corrected chi connectivity index (χ0v) is 29.8. The van der Waals surface area contributed by atoms with Gasteiger partial charge in [0, 0.05) is 33.2 Å². The summed E-state index contributed by atoms with van der Waals surface area (Å²) in [4.78, 5) is 15.8. The van der Waals surface area contributed by atoms with Crippen LogP contribution in [0.3, 0.4) is 0 Å². The van der Waals surface area contributed by atoms with Crippen LogP contribution in [0.1, 0.15) is 0 Å². The van der Waals surface area contributed by atoms with Crippen molar-refractivity contribution in [3.05, 3.63) is 200 Å². The third-order valence-electron chi connectivity index (χ3n) is 10.1. The normalized spacial score (nSPS) is 11.3. The van der Waals surface area contributed by atoms with Crippen LogP contribution in [0.2, 0.25) is 0 Å². The molecular weight excluding hydrogens is 671 g/mol. The number of benzene rings is 7. The Morgan fingerprint density at radius 3 is 1.22 bits per heavy atom. The van der Waals surface area contributed by atoms with Gasteiger partial charge in [-0.3, -0.25) is 0 Å². The van der Waals surface area contributed by atoms with E-state index in [2.05, 4.69) is 158 Å². The zero-order chi connectivity index (χ0) is 36.6. The molecule has 55 heavy (non-hydrogen) atoms. The standard InChI is InChI=1S/C51H33N3O/c1-5-15-34(16-6-1)39-30-45(37-20-9-3-10-21-37)52-47(32-39)41-27-42(29-43(28-41)51-54-50-44-24-14-13-19-36(44)25-26-49(50)55-51)48-33-40(35-17-7-2-8-18-35)31-46(53-48)38-22-11-4-12-23-38/h1-33H. The summed E-state index contributed by atoms with van der Waals surface area (Å²) in [6.45, 7) is 0. The first-order valence-electron chi connectivity index (χ1n) is 18.4. The SMILES string of the molecule is c1ccc(-c2cc(-c3ccccc3)nc(-c3cc(-c4cc(-c5ccccc5)cc(-c5ccccc5)n4)cc(-c4nc5c(ccc6ccccc65)o4)c3)c2)cc1. The summed E-state index contributed by atoms with van der Waals surface area (Å²) in [7, 11) is 0. The Labute approximate surface area is 319 Å². The van der Waals surface area contributed by atoms with Crippen molar-refractivity contribution < 1.29 is 4.42 Å². The maximum Gasteiger partial charge on any atom is 0.227 e.